The Morgan fingerprint density at radius 3 is 2.46 bits per heavy atom. The summed E-state index contributed by atoms with van der Waals surface area (Å²) in [4.78, 5) is 12.8. The number of imidazole rings is 1. The highest BCUT2D eigenvalue weighted by atomic mass is 35.5. The van der Waals surface area contributed by atoms with Crippen LogP contribution in [0.3, 0.4) is 0 Å². The summed E-state index contributed by atoms with van der Waals surface area (Å²) in [5.74, 6) is 1.41. The van der Waals surface area contributed by atoms with Gasteiger partial charge in [-0.25, -0.2) is 19.3 Å². The fraction of sp³-hybridized carbons (Fsp3) is 0.200. The second-order valence-corrected chi connectivity index (χ2v) is 8.60. The predicted molar refractivity (Wildman–Crippen MR) is 132 cm³/mol. The number of nitrogens with one attached hydrogen (secondary N) is 1. The van der Waals surface area contributed by atoms with Crippen LogP contribution in [0.2, 0.25) is 5.02 Å². The topological polar surface area (TPSA) is 82.7 Å². The minimum Gasteiger partial charge on any atom is -0.424 e. The van der Waals surface area contributed by atoms with Crippen molar-refractivity contribution in [3.63, 3.8) is 0 Å². The zero-order valence-corrected chi connectivity index (χ0v) is 20.0. The van der Waals surface area contributed by atoms with Gasteiger partial charge in [-0.3, -0.25) is 4.68 Å². The molecule has 3 aromatic heterocycles. The van der Waals surface area contributed by atoms with Gasteiger partial charge in [0.05, 0.1) is 39.8 Å². The zero-order chi connectivity index (χ0) is 24.4. The van der Waals surface area contributed by atoms with Crippen LogP contribution in [0.15, 0.2) is 60.9 Å². The number of ether oxygens (including phenoxy) is 1. The molecule has 0 amide bonds. The molecule has 35 heavy (non-hydrogen) atoms. The minimum absolute atomic E-state index is 0.241. The molecule has 0 atom stereocenters. The van der Waals surface area contributed by atoms with Gasteiger partial charge in [0.1, 0.15) is 12.4 Å². The van der Waals surface area contributed by atoms with Crippen LogP contribution in [0, 0.1) is 0 Å². The molecule has 0 aliphatic carbocycles. The van der Waals surface area contributed by atoms with Crippen molar-refractivity contribution >= 4 is 28.6 Å². The maximum Gasteiger partial charge on any atom is 0.321 e. The Hall–Kier alpha value is -3.98. The van der Waals surface area contributed by atoms with E-state index in [0.717, 1.165) is 33.8 Å². The Kier molecular flexibility index (Phi) is 6.33. The van der Waals surface area contributed by atoms with Crippen molar-refractivity contribution in [3.05, 3.63) is 88.5 Å². The van der Waals surface area contributed by atoms with Gasteiger partial charge in [0, 0.05) is 27.1 Å². The van der Waals surface area contributed by atoms with Crippen molar-refractivity contribution < 1.29 is 9.13 Å². The first kappa shape index (κ1) is 22.8. The number of aromatic nitrogens is 6. The maximum absolute atomic E-state index is 13.0. The largest absolute Gasteiger partial charge is 0.424 e. The van der Waals surface area contributed by atoms with Crippen LogP contribution in [0.1, 0.15) is 22.5 Å². The van der Waals surface area contributed by atoms with Crippen LogP contribution >= 0.6 is 11.6 Å². The monoisotopic (exact) mass is 491 g/mol. The van der Waals surface area contributed by atoms with Gasteiger partial charge in [-0.15, -0.1) is 0 Å². The summed E-state index contributed by atoms with van der Waals surface area (Å²) in [7, 11) is 3.74. The number of alkyl halides is 1. The maximum atomic E-state index is 13.0. The molecule has 2 aromatic carbocycles. The second kappa shape index (κ2) is 9.71. The zero-order valence-electron chi connectivity index (χ0n) is 19.2. The number of aryl methyl sites for hydroxylation is 2. The number of rotatable bonds is 8. The average molecular weight is 492 g/mol. The van der Waals surface area contributed by atoms with Crippen LogP contribution in [0.4, 0.5) is 10.3 Å². The van der Waals surface area contributed by atoms with Gasteiger partial charge < -0.3 is 14.6 Å². The lowest BCUT2D eigenvalue weighted by molar-refractivity contribution is 0.441. The molecular weight excluding hydrogens is 469 g/mol. The molecule has 0 saturated heterocycles. The fourth-order valence-corrected chi connectivity index (χ4v) is 3.91. The Morgan fingerprint density at radius 2 is 1.74 bits per heavy atom. The van der Waals surface area contributed by atoms with Gasteiger partial charge in [-0.1, -0.05) is 29.8 Å². The number of fused-ring (bicyclic) bond motifs is 1. The smallest absolute Gasteiger partial charge is 0.321 e. The summed E-state index contributed by atoms with van der Waals surface area (Å²) < 4.78 is 22.3. The lowest BCUT2D eigenvalue weighted by Crippen LogP contribution is -2.05. The number of halogens is 2. The molecule has 0 spiro atoms. The third kappa shape index (κ3) is 5.09. The lowest BCUT2D eigenvalue weighted by atomic mass is 10.1. The van der Waals surface area contributed by atoms with Crippen LogP contribution in [0.5, 0.6) is 11.8 Å². The van der Waals surface area contributed by atoms with Crippen molar-refractivity contribution in [2.75, 3.05) is 5.32 Å². The second-order valence-electron chi connectivity index (χ2n) is 8.16. The molecule has 178 valence electrons. The first-order valence-corrected chi connectivity index (χ1v) is 11.4. The molecule has 0 radical (unpaired) electrons. The van der Waals surface area contributed by atoms with E-state index in [0.29, 0.717) is 29.4 Å². The SMILES string of the molecule is Cn1nc(Cc2ccc3nc(NCc4ccc(Oc5ncc(Cl)cn5)cc4)n(C)c3c2)cc1CF. The summed E-state index contributed by atoms with van der Waals surface area (Å²) in [5, 5.41) is 8.25. The number of hydrogen-bond donors (Lipinski definition) is 1. The van der Waals surface area contributed by atoms with E-state index in [1.54, 1.807) is 17.8 Å². The molecule has 0 aliphatic heterocycles. The van der Waals surface area contributed by atoms with E-state index in [1.165, 1.54) is 12.4 Å². The number of hydrogen-bond acceptors (Lipinski definition) is 6. The molecule has 1 N–H and O–H groups in total. The minimum atomic E-state index is -0.522. The van der Waals surface area contributed by atoms with Crippen molar-refractivity contribution in [1.29, 1.82) is 0 Å². The Morgan fingerprint density at radius 1 is 1.00 bits per heavy atom. The quantitative estimate of drug-likeness (QED) is 0.320. The van der Waals surface area contributed by atoms with Crippen molar-refractivity contribution in [2.45, 2.75) is 19.6 Å². The molecule has 0 unspecified atom stereocenters. The van der Waals surface area contributed by atoms with Crippen LogP contribution in [0.25, 0.3) is 11.0 Å². The van der Waals surface area contributed by atoms with E-state index in [9.17, 15) is 4.39 Å². The van der Waals surface area contributed by atoms with Crippen molar-refractivity contribution in [3.8, 4) is 11.8 Å². The van der Waals surface area contributed by atoms with E-state index >= 15 is 0 Å². The van der Waals surface area contributed by atoms with E-state index in [1.807, 2.05) is 48.0 Å². The first-order valence-electron chi connectivity index (χ1n) is 11.0. The van der Waals surface area contributed by atoms with Crippen LogP contribution in [-0.2, 0) is 33.7 Å². The standard InChI is InChI=1S/C25H23ClFN7O/c1-33-23-10-17(9-19-11-20(12-27)34(2)32-19)5-8-22(23)31-24(33)28-13-16-3-6-21(7-4-16)35-25-29-14-18(26)15-30-25/h3-8,10-11,14-15H,9,12-13H2,1-2H3,(H,28,31). The number of nitrogens with zero attached hydrogens (tertiary/aromatic N) is 6. The molecule has 5 rings (SSSR count). The highest BCUT2D eigenvalue weighted by Gasteiger charge is 2.11. The molecule has 0 bridgehead atoms. The molecule has 5 aromatic rings. The van der Waals surface area contributed by atoms with Crippen LogP contribution < -0.4 is 10.1 Å². The highest BCUT2D eigenvalue weighted by molar-refractivity contribution is 6.30. The number of benzene rings is 2. The van der Waals surface area contributed by atoms with Gasteiger partial charge in [0.2, 0.25) is 5.95 Å². The predicted octanol–water partition coefficient (Wildman–Crippen LogP) is 5.21. The lowest BCUT2D eigenvalue weighted by Gasteiger charge is -2.08. The van der Waals surface area contributed by atoms with E-state index < -0.39 is 6.67 Å². The van der Waals surface area contributed by atoms with Crippen molar-refractivity contribution in [1.82, 2.24) is 29.3 Å². The molecule has 0 fully saturated rings. The summed E-state index contributed by atoms with van der Waals surface area (Å²) in [6, 6.07) is 15.8. The molecule has 8 nitrogen and oxygen atoms in total. The first-order chi connectivity index (χ1) is 17.0. The highest BCUT2D eigenvalue weighted by Crippen LogP contribution is 2.23. The van der Waals surface area contributed by atoms with E-state index in [2.05, 4.69) is 26.4 Å². The molecule has 3 heterocycles. The molecule has 10 heteroatoms. The summed E-state index contributed by atoms with van der Waals surface area (Å²) in [6.45, 7) is 0.0769. The van der Waals surface area contributed by atoms with E-state index in [-0.39, 0.29) is 6.01 Å². The summed E-state index contributed by atoms with van der Waals surface area (Å²) in [5.41, 5.74) is 5.49. The molecular formula is C25H23ClFN7O. The number of anilines is 1. The Labute approximate surface area is 206 Å². The van der Waals surface area contributed by atoms with Crippen molar-refractivity contribution in [2.24, 2.45) is 14.1 Å². The third-order valence-corrected chi connectivity index (χ3v) is 5.87. The van der Waals surface area contributed by atoms with Gasteiger partial charge in [-0.2, -0.15) is 5.10 Å². The van der Waals surface area contributed by atoms with Gasteiger partial charge in [0.25, 0.3) is 0 Å². The molecule has 0 aliphatic rings. The van der Waals surface area contributed by atoms with E-state index in [4.69, 9.17) is 21.3 Å². The Balaban J connectivity index is 1.25. The fourth-order valence-electron chi connectivity index (χ4n) is 3.81. The summed E-state index contributed by atoms with van der Waals surface area (Å²) in [6.07, 6.45) is 3.61. The van der Waals surface area contributed by atoms with Crippen LogP contribution in [-0.4, -0.2) is 29.3 Å². The third-order valence-electron chi connectivity index (χ3n) is 5.67. The Bertz CT molecular complexity index is 1460. The van der Waals surface area contributed by atoms with Gasteiger partial charge in [-0.05, 0) is 41.5 Å². The average Bonchev–Trinajstić information content (AvgIpc) is 3.38. The molecule has 0 saturated carbocycles. The van der Waals surface area contributed by atoms with Gasteiger partial charge >= 0.3 is 6.01 Å². The summed E-state index contributed by atoms with van der Waals surface area (Å²) >= 11 is 5.80. The van der Waals surface area contributed by atoms with Gasteiger partial charge in [0.15, 0.2) is 0 Å². The normalized spacial score (nSPS) is 11.2.